The lowest BCUT2D eigenvalue weighted by Crippen LogP contribution is -2.19. The normalized spacial score (nSPS) is 12.2. The number of carbonyl (C=O) groups excluding carboxylic acids is 1. The fraction of sp³-hybridized carbons (Fsp3) is 0.391. The fourth-order valence-corrected chi connectivity index (χ4v) is 5.90. The Morgan fingerprint density at radius 3 is 2.26 bits per heavy atom. The van der Waals surface area contributed by atoms with Gasteiger partial charge in [-0.3, -0.25) is 4.79 Å². The van der Waals surface area contributed by atoms with Gasteiger partial charge in [-0.1, -0.05) is 11.3 Å². The minimum atomic E-state index is -3.51. The number of nitrogens with zero attached hydrogens (tertiary/aromatic N) is 2. The van der Waals surface area contributed by atoms with E-state index in [9.17, 15) is 13.2 Å². The molecule has 0 aliphatic heterocycles. The molecule has 0 aliphatic carbocycles. The van der Waals surface area contributed by atoms with Gasteiger partial charge in [0.1, 0.15) is 27.5 Å². The molecular formula is C23H28N2O7S2. The highest BCUT2D eigenvalue weighted by Crippen LogP contribution is 2.35. The Labute approximate surface area is 202 Å². The molecule has 0 spiro atoms. The summed E-state index contributed by atoms with van der Waals surface area (Å²) < 4.78 is 49.1. The molecule has 0 N–H and O–H groups in total. The highest BCUT2D eigenvalue weighted by molar-refractivity contribution is 7.91. The average molecular weight is 509 g/mol. The highest BCUT2D eigenvalue weighted by atomic mass is 32.2. The van der Waals surface area contributed by atoms with Crippen LogP contribution in [0.4, 0.5) is 0 Å². The van der Waals surface area contributed by atoms with Crippen LogP contribution in [0.1, 0.15) is 12.8 Å². The molecule has 3 aromatic rings. The van der Waals surface area contributed by atoms with Crippen molar-refractivity contribution in [3.8, 4) is 17.2 Å². The summed E-state index contributed by atoms with van der Waals surface area (Å²) in [6, 6.07) is 9.78. The van der Waals surface area contributed by atoms with E-state index in [0.29, 0.717) is 35.2 Å². The molecule has 184 valence electrons. The van der Waals surface area contributed by atoms with Gasteiger partial charge in [0.15, 0.2) is 14.6 Å². The molecule has 0 aliphatic rings. The van der Waals surface area contributed by atoms with Gasteiger partial charge in [-0.25, -0.2) is 8.42 Å². The number of hydrogen-bond donors (Lipinski definition) is 0. The van der Waals surface area contributed by atoms with Gasteiger partial charge in [0, 0.05) is 20.1 Å². The summed E-state index contributed by atoms with van der Waals surface area (Å²) in [4.78, 5) is 17.6. The van der Waals surface area contributed by atoms with E-state index in [4.69, 9.17) is 18.9 Å². The third kappa shape index (κ3) is 5.78. The highest BCUT2D eigenvalue weighted by Gasteiger charge is 2.18. The number of ether oxygens (including phenoxy) is 4. The van der Waals surface area contributed by atoms with Crippen molar-refractivity contribution in [1.82, 2.24) is 4.57 Å². The molecule has 1 heterocycles. The number of hydrogen-bond acceptors (Lipinski definition) is 8. The Morgan fingerprint density at radius 2 is 1.65 bits per heavy atom. The number of methoxy groups -OCH3 is 4. The van der Waals surface area contributed by atoms with Crippen LogP contribution in [0, 0.1) is 0 Å². The van der Waals surface area contributed by atoms with E-state index >= 15 is 0 Å². The first-order valence-electron chi connectivity index (χ1n) is 10.5. The standard InChI is InChI=1S/C23H28N2O7S2/c1-29-14-13-25-21-18(31-3)11-12-19(32-4)22(21)33-23(25)24-20(26)6-5-15-34(27,28)17-9-7-16(30-2)8-10-17/h7-12H,5-6,13-15H2,1-4H3. The number of aromatic nitrogens is 1. The van der Waals surface area contributed by atoms with Crippen molar-refractivity contribution in [2.45, 2.75) is 24.3 Å². The molecule has 0 bridgehead atoms. The molecule has 9 nitrogen and oxygen atoms in total. The lowest BCUT2D eigenvalue weighted by molar-refractivity contribution is -0.118. The van der Waals surface area contributed by atoms with Crippen LogP contribution in [0.25, 0.3) is 10.2 Å². The molecule has 0 unspecified atom stereocenters. The number of fused-ring (bicyclic) bond motifs is 1. The molecule has 1 aromatic heterocycles. The molecule has 0 radical (unpaired) electrons. The van der Waals surface area contributed by atoms with Crippen molar-refractivity contribution in [3.63, 3.8) is 0 Å². The van der Waals surface area contributed by atoms with Crippen LogP contribution >= 0.6 is 11.3 Å². The maximum absolute atomic E-state index is 12.7. The summed E-state index contributed by atoms with van der Waals surface area (Å²) in [6.07, 6.45) is 0.161. The zero-order valence-corrected chi connectivity index (χ0v) is 21.2. The average Bonchev–Trinajstić information content (AvgIpc) is 3.19. The van der Waals surface area contributed by atoms with E-state index < -0.39 is 15.7 Å². The molecule has 0 saturated carbocycles. The van der Waals surface area contributed by atoms with E-state index in [0.717, 1.165) is 10.2 Å². The molecule has 1 amide bonds. The van der Waals surface area contributed by atoms with Crippen molar-refractivity contribution in [2.75, 3.05) is 40.8 Å². The van der Waals surface area contributed by atoms with Gasteiger partial charge < -0.3 is 23.5 Å². The van der Waals surface area contributed by atoms with Crippen molar-refractivity contribution in [2.24, 2.45) is 4.99 Å². The van der Waals surface area contributed by atoms with E-state index in [-0.39, 0.29) is 23.5 Å². The second-order valence-corrected chi connectivity index (χ2v) is 10.4. The Kier molecular flexibility index (Phi) is 8.70. The Bertz CT molecular complexity index is 1310. The second kappa shape index (κ2) is 11.5. The smallest absolute Gasteiger partial charge is 0.248 e. The molecule has 0 fully saturated rings. The molecule has 2 aromatic carbocycles. The van der Waals surface area contributed by atoms with Gasteiger partial charge in [0.25, 0.3) is 0 Å². The lowest BCUT2D eigenvalue weighted by atomic mass is 10.3. The van der Waals surface area contributed by atoms with Gasteiger partial charge in [-0.05, 0) is 42.8 Å². The Hall–Kier alpha value is -2.89. The summed E-state index contributed by atoms with van der Waals surface area (Å²) in [7, 11) is 2.74. The van der Waals surface area contributed by atoms with Gasteiger partial charge >= 0.3 is 0 Å². The van der Waals surface area contributed by atoms with Crippen LogP contribution < -0.4 is 19.0 Å². The predicted octanol–water partition coefficient (Wildman–Crippen LogP) is 3.06. The SMILES string of the molecule is COCCn1c(=NC(=O)CCCS(=O)(=O)c2ccc(OC)cc2)sc2c(OC)ccc(OC)c21. The topological polar surface area (TPSA) is 105 Å². The molecule has 11 heteroatoms. The van der Waals surface area contributed by atoms with Crippen LogP contribution in [0.5, 0.6) is 17.2 Å². The number of rotatable bonds is 11. The molecule has 0 atom stereocenters. The molecular weight excluding hydrogens is 480 g/mol. The third-order valence-electron chi connectivity index (χ3n) is 5.15. The first-order chi connectivity index (χ1) is 16.3. The zero-order valence-electron chi connectivity index (χ0n) is 19.6. The first kappa shape index (κ1) is 25.7. The molecule has 0 saturated heterocycles. The number of amides is 1. The monoisotopic (exact) mass is 508 g/mol. The van der Waals surface area contributed by atoms with E-state index in [1.165, 1.54) is 30.6 Å². The quantitative estimate of drug-likeness (QED) is 0.392. The molecule has 34 heavy (non-hydrogen) atoms. The van der Waals surface area contributed by atoms with Crippen molar-refractivity contribution in [3.05, 3.63) is 41.2 Å². The van der Waals surface area contributed by atoms with Crippen LogP contribution in [0.2, 0.25) is 0 Å². The van der Waals surface area contributed by atoms with Gasteiger partial charge in [-0.15, -0.1) is 0 Å². The van der Waals surface area contributed by atoms with Crippen LogP contribution in [0.3, 0.4) is 0 Å². The summed E-state index contributed by atoms with van der Waals surface area (Å²) in [6.45, 7) is 0.867. The Balaban J connectivity index is 1.83. The minimum Gasteiger partial charge on any atom is -0.497 e. The van der Waals surface area contributed by atoms with Crippen molar-refractivity contribution in [1.29, 1.82) is 0 Å². The predicted molar refractivity (Wildman–Crippen MR) is 130 cm³/mol. The summed E-state index contributed by atoms with van der Waals surface area (Å²) >= 11 is 1.31. The summed E-state index contributed by atoms with van der Waals surface area (Å²) in [5, 5.41) is 0. The minimum absolute atomic E-state index is 0.00216. The van der Waals surface area contributed by atoms with Gasteiger partial charge in [0.05, 0.1) is 38.6 Å². The zero-order chi connectivity index (χ0) is 24.7. The maximum atomic E-state index is 12.7. The maximum Gasteiger partial charge on any atom is 0.248 e. The van der Waals surface area contributed by atoms with Gasteiger partial charge in [0.2, 0.25) is 5.91 Å². The van der Waals surface area contributed by atoms with Crippen molar-refractivity contribution >= 4 is 37.3 Å². The summed E-state index contributed by atoms with van der Waals surface area (Å²) in [5.74, 6) is 1.29. The van der Waals surface area contributed by atoms with Crippen LogP contribution in [-0.2, 0) is 25.9 Å². The fourth-order valence-electron chi connectivity index (χ4n) is 3.41. The van der Waals surface area contributed by atoms with E-state index in [1.54, 1.807) is 45.6 Å². The van der Waals surface area contributed by atoms with Crippen LogP contribution in [0.15, 0.2) is 46.3 Å². The number of benzene rings is 2. The second-order valence-electron chi connectivity index (χ2n) is 7.28. The molecule has 3 rings (SSSR count). The first-order valence-corrected chi connectivity index (χ1v) is 13.0. The summed E-state index contributed by atoms with van der Waals surface area (Å²) in [5.41, 5.74) is 0.762. The lowest BCUT2D eigenvalue weighted by Gasteiger charge is -2.09. The van der Waals surface area contributed by atoms with Crippen molar-refractivity contribution < 1.29 is 32.2 Å². The van der Waals surface area contributed by atoms with E-state index in [1.807, 2.05) is 4.57 Å². The van der Waals surface area contributed by atoms with Gasteiger partial charge in [-0.2, -0.15) is 4.99 Å². The number of carbonyl (C=O) groups is 1. The van der Waals surface area contributed by atoms with Crippen LogP contribution in [-0.4, -0.2) is 59.7 Å². The number of sulfone groups is 1. The third-order valence-corrected chi connectivity index (χ3v) is 8.06. The number of thiazole rings is 1. The Morgan fingerprint density at radius 1 is 0.971 bits per heavy atom. The van der Waals surface area contributed by atoms with E-state index in [2.05, 4.69) is 4.99 Å². The largest absolute Gasteiger partial charge is 0.497 e.